The van der Waals surface area contributed by atoms with Crippen molar-refractivity contribution in [2.45, 2.75) is 6.92 Å². The van der Waals surface area contributed by atoms with Crippen LogP contribution >= 0.6 is 35.4 Å². The summed E-state index contributed by atoms with van der Waals surface area (Å²) in [6.45, 7) is 5.00. The molecule has 0 saturated carbocycles. The number of thiocarbonyl (C=S) groups is 1. The fourth-order valence-corrected chi connectivity index (χ4v) is 4.09. The van der Waals surface area contributed by atoms with Gasteiger partial charge in [-0.2, -0.15) is 0 Å². The Morgan fingerprint density at radius 1 is 1.03 bits per heavy atom. The van der Waals surface area contributed by atoms with Crippen LogP contribution in [-0.4, -0.2) is 43.2 Å². The molecule has 160 valence electrons. The molecule has 9 heteroatoms. The maximum atomic E-state index is 13.2. The van der Waals surface area contributed by atoms with E-state index in [2.05, 4.69) is 10.2 Å². The quantitative estimate of drug-likeness (QED) is 0.413. The largest absolute Gasteiger partial charge is 0.378 e. The van der Waals surface area contributed by atoms with Crippen molar-refractivity contribution in [1.82, 2.24) is 5.32 Å². The number of hydrogen-bond donors (Lipinski definition) is 1. The Labute approximate surface area is 195 Å². The number of hydrogen-bond acceptors (Lipinski definition) is 5. The Bertz CT molecular complexity index is 1110. The second-order valence-electron chi connectivity index (χ2n) is 7.20. The van der Waals surface area contributed by atoms with Crippen LogP contribution in [0.4, 0.5) is 11.4 Å². The van der Waals surface area contributed by atoms with Crippen LogP contribution in [0.5, 0.6) is 0 Å². The SMILES string of the molecule is Cc1cc(N2CCOCC2)ccc1/C=C1\C(=O)NC(=S)N(c2ccc(Cl)c(Cl)c2)C1=O. The van der Waals surface area contributed by atoms with Crippen LogP contribution in [0, 0.1) is 6.92 Å². The summed E-state index contributed by atoms with van der Waals surface area (Å²) >= 11 is 17.3. The lowest BCUT2D eigenvalue weighted by molar-refractivity contribution is -0.122. The standard InChI is InChI=1S/C22H19Cl2N3O3S/c1-13-10-15(26-6-8-30-9-7-26)3-2-14(13)11-17-20(28)25-22(31)27(21(17)29)16-4-5-18(23)19(24)12-16/h2-5,10-12H,6-9H2,1H3,(H,25,28,31)/b17-11+. The van der Waals surface area contributed by atoms with E-state index in [1.54, 1.807) is 18.2 Å². The van der Waals surface area contributed by atoms with Crippen molar-refractivity contribution in [3.63, 3.8) is 0 Å². The molecule has 4 rings (SSSR count). The van der Waals surface area contributed by atoms with Crippen molar-refractivity contribution in [3.8, 4) is 0 Å². The van der Waals surface area contributed by atoms with Gasteiger partial charge in [0, 0.05) is 18.8 Å². The molecule has 0 spiro atoms. The lowest BCUT2D eigenvalue weighted by atomic mass is 10.0. The lowest BCUT2D eigenvalue weighted by Gasteiger charge is -2.30. The third-order valence-corrected chi connectivity index (χ3v) is 6.22. The minimum absolute atomic E-state index is 0.00933. The summed E-state index contributed by atoms with van der Waals surface area (Å²) in [5.41, 5.74) is 3.22. The minimum atomic E-state index is -0.539. The molecule has 2 amide bonds. The van der Waals surface area contributed by atoms with Crippen LogP contribution < -0.4 is 15.1 Å². The van der Waals surface area contributed by atoms with E-state index in [1.165, 1.54) is 11.0 Å². The highest BCUT2D eigenvalue weighted by Gasteiger charge is 2.34. The van der Waals surface area contributed by atoms with Gasteiger partial charge in [0.25, 0.3) is 11.8 Å². The van der Waals surface area contributed by atoms with Gasteiger partial charge >= 0.3 is 0 Å². The minimum Gasteiger partial charge on any atom is -0.378 e. The van der Waals surface area contributed by atoms with Crippen molar-refractivity contribution in [2.75, 3.05) is 36.1 Å². The van der Waals surface area contributed by atoms with Crippen molar-refractivity contribution in [2.24, 2.45) is 0 Å². The summed E-state index contributed by atoms with van der Waals surface area (Å²) in [4.78, 5) is 29.2. The van der Waals surface area contributed by atoms with Gasteiger partial charge in [-0.25, -0.2) is 0 Å². The second kappa shape index (κ2) is 8.96. The summed E-state index contributed by atoms with van der Waals surface area (Å²) in [7, 11) is 0. The summed E-state index contributed by atoms with van der Waals surface area (Å²) in [6.07, 6.45) is 1.59. The molecule has 0 atom stereocenters. The number of aryl methyl sites for hydroxylation is 1. The molecule has 0 aliphatic carbocycles. The van der Waals surface area contributed by atoms with E-state index in [0.29, 0.717) is 23.9 Å². The van der Waals surface area contributed by atoms with Gasteiger partial charge in [-0.05, 0) is 66.7 Å². The molecule has 2 saturated heterocycles. The zero-order chi connectivity index (χ0) is 22.1. The molecular weight excluding hydrogens is 457 g/mol. The topological polar surface area (TPSA) is 61.9 Å². The van der Waals surface area contributed by atoms with E-state index >= 15 is 0 Å². The van der Waals surface area contributed by atoms with Gasteiger partial charge in [-0.15, -0.1) is 0 Å². The molecule has 0 aromatic heterocycles. The van der Waals surface area contributed by atoms with Crippen molar-refractivity contribution >= 4 is 69.8 Å². The first-order chi connectivity index (χ1) is 14.8. The van der Waals surface area contributed by atoms with Gasteiger partial charge in [-0.3, -0.25) is 19.8 Å². The van der Waals surface area contributed by atoms with E-state index in [4.69, 9.17) is 40.2 Å². The number of nitrogens with one attached hydrogen (secondary N) is 1. The first-order valence-corrected chi connectivity index (χ1v) is 10.8. The molecule has 6 nitrogen and oxygen atoms in total. The molecule has 2 aliphatic rings. The Balaban J connectivity index is 1.66. The predicted octanol–water partition coefficient (Wildman–Crippen LogP) is 3.97. The third kappa shape index (κ3) is 4.45. The Morgan fingerprint density at radius 3 is 2.42 bits per heavy atom. The summed E-state index contributed by atoms with van der Waals surface area (Å²) < 4.78 is 5.40. The maximum Gasteiger partial charge on any atom is 0.270 e. The van der Waals surface area contributed by atoms with Gasteiger partial charge < -0.3 is 9.64 Å². The number of halogens is 2. The Hall–Kier alpha value is -2.45. The summed E-state index contributed by atoms with van der Waals surface area (Å²) in [5.74, 6) is -1.06. The highest BCUT2D eigenvalue weighted by molar-refractivity contribution is 7.80. The van der Waals surface area contributed by atoms with Gasteiger partial charge in [0.15, 0.2) is 5.11 Å². The van der Waals surface area contributed by atoms with Crippen LogP contribution in [0.3, 0.4) is 0 Å². The third-order valence-electron chi connectivity index (χ3n) is 5.19. The van der Waals surface area contributed by atoms with Crippen molar-refractivity contribution < 1.29 is 14.3 Å². The van der Waals surface area contributed by atoms with Crippen LogP contribution in [0.1, 0.15) is 11.1 Å². The van der Waals surface area contributed by atoms with Crippen LogP contribution in [0.25, 0.3) is 6.08 Å². The summed E-state index contributed by atoms with van der Waals surface area (Å²) in [5, 5.41) is 3.21. The highest BCUT2D eigenvalue weighted by atomic mass is 35.5. The number of morpholine rings is 1. The number of carbonyl (C=O) groups is 2. The maximum absolute atomic E-state index is 13.2. The molecule has 2 aromatic carbocycles. The van der Waals surface area contributed by atoms with E-state index in [-0.39, 0.29) is 15.7 Å². The average molecular weight is 476 g/mol. The second-order valence-corrected chi connectivity index (χ2v) is 8.40. The summed E-state index contributed by atoms with van der Waals surface area (Å²) in [6, 6.07) is 10.7. The molecule has 2 aromatic rings. The fourth-order valence-electron chi connectivity index (χ4n) is 3.51. The first kappa shape index (κ1) is 21.8. The van der Waals surface area contributed by atoms with Crippen molar-refractivity contribution in [3.05, 3.63) is 63.1 Å². The van der Waals surface area contributed by atoms with Gasteiger partial charge in [0.2, 0.25) is 0 Å². The molecule has 0 radical (unpaired) electrons. The molecular formula is C22H19Cl2N3O3S. The molecule has 1 N–H and O–H groups in total. The fraction of sp³-hybridized carbons (Fsp3) is 0.227. The molecule has 0 unspecified atom stereocenters. The van der Waals surface area contributed by atoms with Crippen LogP contribution in [0.2, 0.25) is 10.0 Å². The molecule has 2 heterocycles. The van der Waals surface area contributed by atoms with E-state index < -0.39 is 11.8 Å². The number of nitrogens with zero attached hydrogens (tertiary/aromatic N) is 2. The van der Waals surface area contributed by atoms with Crippen molar-refractivity contribution in [1.29, 1.82) is 0 Å². The molecule has 2 aliphatic heterocycles. The van der Waals surface area contributed by atoms with Gasteiger partial charge in [-0.1, -0.05) is 29.3 Å². The highest BCUT2D eigenvalue weighted by Crippen LogP contribution is 2.30. The smallest absolute Gasteiger partial charge is 0.270 e. The first-order valence-electron chi connectivity index (χ1n) is 9.65. The zero-order valence-electron chi connectivity index (χ0n) is 16.7. The average Bonchev–Trinajstić information content (AvgIpc) is 2.75. The van der Waals surface area contributed by atoms with E-state index in [1.807, 2.05) is 25.1 Å². The normalized spacial score (nSPS) is 18.5. The Kier molecular flexibility index (Phi) is 6.29. The van der Waals surface area contributed by atoms with Crippen LogP contribution in [0.15, 0.2) is 42.0 Å². The Morgan fingerprint density at radius 2 is 1.74 bits per heavy atom. The lowest BCUT2D eigenvalue weighted by Crippen LogP contribution is -2.54. The number of amides is 2. The van der Waals surface area contributed by atoms with Crippen LogP contribution in [-0.2, 0) is 14.3 Å². The molecule has 0 bridgehead atoms. The number of rotatable bonds is 3. The molecule has 2 fully saturated rings. The van der Waals surface area contributed by atoms with Gasteiger partial charge in [0.05, 0.1) is 28.9 Å². The molecule has 31 heavy (non-hydrogen) atoms. The number of ether oxygens (including phenoxy) is 1. The van der Waals surface area contributed by atoms with E-state index in [0.717, 1.165) is 29.9 Å². The zero-order valence-corrected chi connectivity index (χ0v) is 19.0. The predicted molar refractivity (Wildman–Crippen MR) is 127 cm³/mol. The number of carbonyl (C=O) groups excluding carboxylic acids is 2. The van der Waals surface area contributed by atoms with Gasteiger partial charge in [0.1, 0.15) is 5.57 Å². The number of anilines is 2. The number of benzene rings is 2. The monoisotopic (exact) mass is 475 g/mol. The van der Waals surface area contributed by atoms with E-state index in [9.17, 15) is 9.59 Å².